The van der Waals surface area contributed by atoms with E-state index in [9.17, 15) is 9.18 Å². The van der Waals surface area contributed by atoms with Crippen molar-refractivity contribution in [2.24, 2.45) is 7.05 Å². The van der Waals surface area contributed by atoms with Gasteiger partial charge in [0.2, 0.25) is 0 Å². The van der Waals surface area contributed by atoms with Gasteiger partial charge in [-0.25, -0.2) is 14.4 Å². The molecule has 1 aliphatic heterocycles. The predicted octanol–water partition coefficient (Wildman–Crippen LogP) is 4.58. The van der Waals surface area contributed by atoms with Crippen LogP contribution in [0.3, 0.4) is 0 Å². The second kappa shape index (κ2) is 8.94. The van der Waals surface area contributed by atoms with E-state index in [1.54, 1.807) is 30.9 Å². The van der Waals surface area contributed by atoms with Gasteiger partial charge in [0.15, 0.2) is 0 Å². The average molecular weight is 442 g/mol. The molecule has 0 saturated carbocycles. The SMILES string of the molecule is Cn1cncc1-c1cccc(C2CCCN2C(=O)c2ccnc(Cc3cccc(F)c3)c2)n1. The molecule has 0 aliphatic carbocycles. The highest BCUT2D eigenvalue weighted by atomic mass is 19.1. The second-order valence-corrected chi connectivity index (χ2v) is 8.34. The minimum atomic E-state index is -0.277. The van der Waals surface area contributed by atoms with Gasteiger partial charge >= 0.3 is 0 Å². The molecule has 7 heteroatoms. The molecule has 0 radical (unpaired) electrons. The van der Waals surface area contributed by atoms with Gasteiger partial charge in [0.1, 0.15) is 5.82 Å². The van der Waals surface area contributed by atoms with Crippen LogP contribution in [-0.4, -0.2) is 36.9 Å². The van der Waals surface area contributed by atoms with Crippen LogP contribution in [0.5, 0.6) is 0 Å². The zero-order valence-electron chi connectivity index (χ0n) is 18.4. The number of hydrogen-bond acceptors (Lipinski definition) is 4. The van der Waals surface area contributed by atoms with Gasteiger partial charge < -0.3 is 9.47 Å². The lowest BCUT2D eigenvalue weighted by Gasteiger charge is -2.25. The number of carbonyl (C=O) groups excluding carboxylic acids is 1. The highest BCUT2D eigenvalue weighted by Gasteiger charge is 2.32. The molecule has 0 bridgehead atoms. The highest BCUT2D eigenvalue weighted by Crippen LogP contribution is 2.33. The lowest BCUT2D eigenvalue weighted by molar-refractivity contribution is 0.0732. The third kappa shape index (κ3) is 4.39. The van der Waals surface area contributed by atoms with Crippen LogP contribution in [0.4, 0.5) is 4.39 Å². The second-order valence-electron chi connectivity index (χ2n) is 8.34. The lowest BCUT2D eigenvalue weighted by Crippen LogP contribution is -2.31. The first-order chi connectivity index (χ1) is 16.1. The van der Waals surface area contributed by atoms with Crippen LogP contribution in [0, 0.1) is 5.82 Å². The molecule has 3 aromatic heterocycles. The van der Waals surface area contributed by atoms with Crippen LogP contribution in [0.2, 0.25) is 0 Å². The summed E-state index contributed by atoms with van der Waals surface area (Å²) in [5, 5.41) is 0. The molecule has 33 heavy (non-hydrogen) atoms. The Balaban J connectivity index is 1.38. The quantitative estimate of drug-likeness (QED) is 0.455. The summed E-state index contributed by atoms with van der Waals surface area (Å²) in [6.45, 7) is 0.683. The van der Waals surface area contributed by atoms with Crippen molar-refractivity contribution in [1.82, 2.24) is 24.4 Å². The first-order valence-electron chi connectivity index (χ1n) is 11.0. The molecule has 166 valence electrons. The maximum Gasteiger partial charge on any atom is 0.254 e. The Morgan fingerprint density at radius 3 is 2.85 bits per heavy atom. The van der Waals surface area contributed by atoms with Gasteiger partial charge in [-0.2, -0.15) is 0 Å². The summed E-state index contributed by atoms with van der Waals surface area (Å²) in [5.41, 5.74) is 4.80. The maximum absolute atomic E-state index is 13.5. The number of imidazole rings is 1. The molecule has 1 fully saturated rings. The number of likely N-dealkylation sites (tertiary alicyclic amines) is 1. The van der Waals surface area contributed by atoms with Gasteiger partial charge in [-0.05, 0) is 54.8 Å². The van der Waals surface area contributed by atoms with E-state index in [0.29, 0.717) is 18.5 Å². The number of benzene rings is 1. The molecular formula is C26H24FN5O. The van der Waals surface area contributed by atoms with Crippen molar-refractivity contribution in [2.45, 2.75) is 25.3 Å². The largest absolute Gasteiger partial charge is 0.332 e. The molecule has 0 spiro atoms. The molecule has 1 unspecified atom stereocenters. The summed E-state index contributed by atoms with van der Waals surface area (Å²) in [4.78, 5) is 28.8. The summed E-state index contributed by atoms with van der Waals surface area (Å²) in [5.74, 6) is -0.311. The molecule has 1 aromatic carbocycles. The number of pyridine rings is 2. The van der Waals surface area contributed by atoms with Gasteiger partial charge in [0.25, 0.3) is 5.91 Å². The highest BCUT2D eigenvalue weighted by molar-refractivity contribution is 5.94. The van der Waals surface area contributed by atoms with E-state index < -0.39 is 0 Å². The number of carbonyl (C=O) groups is 1. The zero-order valence-corrected chi connectivity index (χ0v) is 18.4. The van der Waals surface area contributed by atoms with E-state index in [-0.39, 0.29) is 17.8 Å². The molecule has 6 nitrogen and oxygen atoms in total. The normalized spacial score (nSPS) is 15.7. The molecule has 1 amide bonds. The van der Waals surface area contributed by atoms with Crippen molar-refractivity contribution in [3.05, 3.63) is 102 Å². The predicted molar refractivity (Wildman–Crippen MR) is 123 cm³/mol. The van der Waals surface area contributed by atoms with Gasteiger partial charge in [-0.1, -0.05) is 18.2 Å². The van der Waals surface area contributed by atoms with E-state index in [1.807, 2.05) is 46.8 Å². The molecule has 1 saturated heterocycles. The summed E-state index contributed by atoms with van der Waals surface area (Å²) < 4.78 is 15.5. The fourth-order valence-corrected chi connectivity index (χ4v) is 4.43. The smallest absolute Gasteiger partial charge is 0.254 e. The third-order valence-corrected chi connectivity index (χ3v) is 6.04. The number of aromatic nitrogens is 4. The fraction of sp³-hybridized carbons (Fsp3) is 0.231. The molecule has 5 rings (SSSR count). The van der Waals surface area contributed by atoms with Gasteiger partial charge in [0, 0.05) is 37.5 Å². The zero-order chi connectivity index (χ0) is 22.8. The standard InChI is InChI=1S/C26H24FN5O/c1-31-17-28-16-25(31)23-8-3-7-22(30-23)24-9-4-12-32(24)26(33)19-10-11-29-21(15-19)14-18-5-2-6-20(27)13-18/h2-3,5-8,10-11,13,15-17,24H,4,9,12,14H2,1H3. The Morgan fingerprint density at radius 1 is 1.15 bits per heavy atom. The van der Waals surface area contributed by atoms with Gasteiger partial charge in [-0.3, -0.25) is 9.78 Å². The van der Waals surface area contributed by atoms with Crippen molar-refractivity contribution < 1.29 is 9.18 Å². The van der Waals surface area contributed by atoms with Crippen molar-refractivity contribution in [1.29, 1.82) is 0 Å². The summed E-state index contributed by atoms with van der Waals surface area (Å²) >= 11 is 0. The van der Waals surface area contributed by atoms with Crippen LogP contribution in [0.15, 0.2) is 73.3 Å². The molecule has 1 atom stereocenters. The Hall–Kier alpha value is -3.87. The molecule has 4 aromatic rings. The minimum Gasteiger partial charge on any atom is -0.332 e. The van der Waals surface area contributed by atoms with E-state index in [2.05, 4.69) is 9.97 Å². The fourth-order valence-electron chi connectivity index (χ4n) is 4.43. The van der Waals surface area contributed by atoms with Crippen LogP contribution in [0.25, 0.3) is 11.4 Å². The monoisotopic (exact) mass is 441 g/mol. The number of aryl methyl sites for hydroxylation is 1. The topological polar surface area (TPSA) is 63.9 Å². The van der Waals surface area contributed by atoms with Crippen molar-refractivity contribution in [2.75, 3.05) is 6.54 Å². The van der Waals surface area contributed by atoms with Gasteiger partial charge in [-0.15, -0.1) is 0 Å². The summed E-state index contributed by atoms with van der Waals surface area (Å²) in [6.07, 6.45) is 7.45. The lowest BCUT2D eigenvalue weighted by atomic mass is 10.1. The summed E-state index contributed by atoms with van der Waals surface area (Å²) in [6, 6.07) is 15.9. The van der Waals surface area contributed by atoms with E-state index in [0.717, 1.165) is 41.2 Å². The third-order valence-electron chi connectivity index (χ3n) is 6.04. The number of amides is 1. The number of halogens is 1. The van der Waals surface area contributed by atoms with Gasteiger partial charge in [0.05, 0.1) is 35.6 Å². The summed E-state index contributed by atoms with van der Waals surface area (Å²) in [7, 11) is 1.94. The Kier molecular flexibility index (Phi) is 5.69. The minimum absolute atomic E-state index is 0.0341. The molecular weight excluding hydrogens is 417 g/mol. The van der Waals surface area contributed by atoms with Crippen LogP contribution in [-0.2, 0) is 13.5 Å². The van der Waals surface area contributed by atoms with Crippen molar-refractivity contribution in [3.8, 4) is 11.4 Å². The van der Waals surface area contributed by atoms with E-state index >= 15 is 0 Å². The first kappa shape index (κ1) is 21.0. The Labute approximate surface area is 191 Å². The number of nitrogens with zero attached hydrogens (tertiary/aromatic N) is 5. The Bertz CT molecular complexity index is 1300. The average Bonchev–Trinajstić information content (AvgIpc) is 3.48. The number of hydrogen-bond donors (Lipinski definition) is 0. The first-order valence-corrected chi connectivity index (χ1v) is 11.0. The molecule has 0 N–H and O–H groups in total. The maximum atomic E-state index is 13.5. The van der Waals surface area contributed by atoms with Crippen molar-refractivity contribution >= 4 is 5.91 Å². The van der Waals surface area contributed by atoms with Crippen LogP contribution >= 0.6 is 0 Å². The molecule has 1 aliphatic rings. The number of rotatable bonds is 5. The van der Waals surface area contributed by atoms with Crippen LogP contribution in [0.1, 0.15) is 46.2 Å². The van der Waals surface area contributed by atoms with E-state index in [4.69, 9.17) is 4.98 Å². The van der Waals surface area contributed by atoms with Crippen LogP contribution < -0.4 is 0 Å². The van der Waals surface area contributed by atoms with Crippen molar-refractivity contribution in [3.63, 3.8) is 0 Å². The Morgan fingerprint density at radius 2 is 2.03 bits per heavy atom. The molecule has 4 heterocycles. The van der Waals surface area contributed by atoms with E-state index in [1.165, 1.54) is 12.1 Å².